The van der Waals surface area contributed by atoms with E-state index in [-0.39, 0.29) is 5.78 Å². The lowest BCUT2D eigenvalue weighted by atomic mass is 10.0. The molecule has 2 nitrogen and oxygen atoms in total. The number of pyridine rings is 1. The summed E-state index contributed by atoms with van der Waals surface area (Å²) in [7, 11) is 0. The Balaban J connectivity index is 1.48. The van der Waals surface area contributed by atoms with Gasteiger partial charge in [0.1, 0.15) is 0 Å². The van der Waals surface area contributed by atoms with Crippen molar-refractivity contribution in [1.82, 2.24) is 0 Å². The molecule has 0 aliphatic heterocycles. The second-order valence-corrected chi connectivity index (χ2v) is 6.82. The first-order valence-corrected chi connectivity index (χ1v) is 8.91. The summed E-state index contributed by atoms with van der Waals surface area (Å²) < 4.78 is 2.03. The normalized spacial score (nSPS) is 12.0. The molecule has 2 heteroatoms. The molecule has 0 bridgehead atoms. The Labute approximate surface area is 152 Å². The van der Waals surface area contributed by atoms with Gasteiger partial charge in [0.05, 0.1) is 0 Å². The highest BCUT2D eigenvalue weighted by atomic mass is 16.1. The van der Waals surface area contributed by atoms with Gasteiger partial charge in [-0.25, -0.2) is 0 Å². The summed E-state index contributed by atoms with van der Waals surface area (Å²) in [6.07, 6.45) is 2.89. The van der Waals surface area contributed by atoms with Gasteiger partial charge < -0.3 is 0 Å². The van der Waals surface area contributed by atoms with Crippen LogP contribution in [0, 0.1) is 0 Å². The molecule has 5 rings (SSSR count). The van der Waals surface area contributed by atoms with Gasteiger partial charge >= 0.3 is 0 Å². The third kappa shape index (κ3) is 2.42. The number of aromatic nitrogens is 1. The Morgan fingerprint density at radius 2 is 1.58 bits per heavy atom. The Bertz CT molecular complexity index is 1150. The summed E-state index contributed by atoms with van der Waals surface area (Å²) in [5.74, 6) is 0.144. The minimum Gasteiger partial charge on any atom is -0.287 e. The lowest BCUT2D eigenvalue weighted by Crippen LogP contribution is -2.38. The number of hydrogen-bond acceptors (Lipinski definition) is 1. The smallest absolute Gasteiger partial charge is 0.227 e. The molecule has 1 aliphatic rings. The van der Waals surface area contributed by atoms with Crippen molar-refractivity contribution in [3.8, 4) is 11.1 Å². The van der Waals surface area contributed by atoms with E-state index < -0.39 is 0 Å². The van der Waals surface area contributed by atoms with E-state index in [9.17, 15) is 4.79 Å². The molecule has 26 heavy (non-hydrogen) atoms. The van der Waals surface area contributed by atoms with Gasteiger partial charge in [-0.05, 0) is 46.9 Å². The maximum atomic E-state index is 12.9. The van der Waals surface area contributed by atoms with Crippen LogP contribution in [0.5, 0.6) is 0 Å². The van der Waals surface area contributed by atoms with Crippen molar-refractivity contribution in [3.05, 3.63) is 102 Å². The van der Waals surface area contributed by atoms with Crippen LogP contribution in [-0.4, -0.2) is 5.78 Å². The molecule has 0 spiro atoms. The van der Waals surface area contributed by atoms with Crippen LogP contribution in [0.1, 0.15) is 21.5 Å². The molecule has 0 saturated heterocycles. The van der Waals surface area contributed by atoms with Crippen LogP contribution in [0.2, 0.25) is 0 Å². The number of para-hydroxylation sites is 1. The quantitative estimate of drug-likeness (QED) is 0.349. The monoisotopic (exact) mass is 336 g/mol. The van der Waals surface area contributed by atoms with Gasteiger partial charge in [0.2, 0.25) is 17.8 Å². The van der Waals surface area contributed by atoms with Gasteiger partial charge in [-0.1, -0.05) is 48.5 Å². The van der Waals surface area contributed by atoms with Crippen LogP contribution in [0.3, 0.4) is 0 Å². The highest BCUT2D eigenvalue weighted by molar-refractivity contribution is 5.96. The zero-order chi connectivity index (χ0) is 17.5. The third-order valence-electron chi connectivity index (χ3n) is 5.22. The molecule has 3 aromatic carbocycles. The predicted molar refractivity (Wildman–Crippen MR) is 103 cm³/mol. The van der Waals surface area contributed by atoms with Crippen LogP contribution < -0.4 is 4.57 Å². The third-order valence-corrected chi connectivity index (χ3v) is 5.22. The number of carbonyl (C=O) groups excluding carboxylic acids is 1. The second kappa shape index (κ2) is 5.92. The van der Waals surface area contributed by atoms with Crippen LogP contribution in [0.15, 0.2) is 85.1 Å². The molecule has 0 fully saturated rings. The Kier molecular flexibility index (Phi) is 3.42. The van der Waals surface area contributed by atoms with Gasteiger partial charge in [0.25, 0.3) is 0 Å². The fourth-order valence-electron chi connectivity index (χ4n) is 3.92. The van der Waals surface area contributed by atoms with E-state index in [1.807, 2.05) is 35.0 Å². The van der Waals surface area contributed by atoms with E-state index in [2.05, 4.69) is 54.6 Å². The van der Waals surface area contributed by atoms with Crippen molar-refractivity contribution >= 4 is 16.7 Å². The van der Waals surface area contributed by atoms with Gasteiger partial charge in [0, 0.05) is 23.1 Å². The number of nitrogens with zero attached hydrogens (tertiary/aromatic N) is 1. The van der Waals surface area contributed by atoms with Crippen molar-refractivity contribution in [1.29, 1.82) is 0 Å². The van der Waals surface area contributed by atoms with Crippen LogP contribution in [-0.2, 0) is 13.0 Å². The number of ketones is 1. The molecule has 1 aromatic heterocycles. The molecular formula is C24H18NO+. The first-order chi connectivity index (χ1) is 12.8. The van der Waals surface area contributed by atoms with Gasteiger partial charge in [-0.3, -0.25) is 4.79 Å². The SMILES string of the molecule is O=C(C[n+]1cccc2ccccc21)c1ccc2c(c1)Cc1ccccc1-2. The maximum Gasteiger partial charge on any atom is 0.227 e. The molecule has 1 heterocycles. The van der Waals surface area contributed by atoms with Crippen molar-refractivity contribution in [3.63, 3.8) is 0 Å². The van der Waals surface area contributed by atoms with E-state index in [1.54, 1.807) is 0 Å². The van der Waals surface area contributed by atoms with Crippen LogP contribution in [0.4, 0.5) is 0 Å². The van der Waals surface area contributed by atoms with Crippen molar-refractivity contribution in [2.75, 3.05) is 0 Å². The molecule has 0 radical (unpaired) electrons. The summed E-state index contributed by atoms with van der Waals surface area (Å²) in [4.78, 5) is 12.9. The summed E-state index contributed by atoms with van der Waals surface area (Å²) in [5.41, 5.74) is 7.02. The summed E-state index contributed by atoms with van der Waals surface area (Å²) in [5, 5.41) is 1.15. The highest BCUT2D eigenvalue weighted by Crippen LogP contribution is 2.36. The maximum absolute atomic E-state index is 12.9. The minimum absolute atomic E-state index is 0.144. The molecule has 4 aromatic rings. The summed E-state index contributed by atoms with van der Waals surface area (Å²) in [6, 6.07) is 26.8. The van der Waals surface area contributed by atoms with Gasteiger partial charge in [-0.2, -0.15) is 4.57 Å². The second-order valence-electron chi connectivity index (χ2n) is 6.82. The Hall–Kier alpha value is -3.26. The Morgan fingerprint density at radius 1 is 0.808 bits per heavy atom. The largest absolute Gasteiger partial charge is 0.287 e. The fraction of sp³-hybridized carbons (Fsp3) is 0.0833. The zero-order valence-electron chi connectivity index (χ0n) is 14.4. The first-order valence-electron chi connectivity index (χ1n) is 8.91. The summed E-state index contributed by atoms with van der Waals surface area (Å²) in [6.45, 7) is 0.354. The van der Waals surface area contributed by atoms with Crippen LogP contribution in [0.25, 0.3) is 22.0 Å². The van der Waals surface area contributed by atoms with E-state index in [0.29, 0.717) is 6.54 Å². The number of carbonyl (C=O) groups is 1. The lowest BCUT2D eigenvalue weighted by Gasteiger charge is -2.05. The number of Topliss-reactive ketones (excluding diaryl/α,β-unsaturated/α-hetero) is 1. The van der Waals surface area contributed by atoms with Gasteiger partial charge in [0.15, 0.2) is 6.20 Å². The van der Waals surface area contributed by atoms with Crippen molar-refractivity contribution < 1.29 is 9.36 Å². The summed E-state index contributed by atoms with van der Waals surface area (Å²) >= 11 is 0. The Morgan fingerprint density at radius 3 is 2.54 bits per heavy atom. The molecule has 0 saturated carbocycles. The van der Waals surface area contributed by atoms with Crippen molar-refractivity contribution in [2.45, 2.75) is 13.0 Å². The molecule has 124 valence electrons. The van der Waals surface area contributed by atoms with Crippen molar-refractivity contribution in [2.24, 2.45) is 0 Å². The van der Waals surface area contributed by atoms with E-state index in [1.165, 1.54) is 22.3 Å². The highest BCUT2D eigenvalue weighted by Gasteiger charge is 2.21. The van der Waals surface area contributed by atoms with Gasteiger partial charge in [-0.15, -0.1) is 0 Å². The molecular weight excluding hydrogens is 318 g/mol. The number of hydrogen-bond donors (Lipinski definition) is 0. The molecule has 0 N–H and O–H groups in total. The average Bonchev–Trinajstić information content (AvgIpc) is 3.06. The first kappa shape index (κ1) is 15.0. The van der Waals surface area contributed by atoms with E-state index in [4.69, 9.17) is 0 Å². The number of rotatable bonds is 3. The lowest BCUT2D eigenvalue weighted by molar-refractivity contribution is -0.657. The topological polar surface area (TPSA) is 20.9 Å². The number of benzene rings is 3. The van der Waals surface area contributed by atoms with Crippen LogP contribution >= 0.6 is 0 Å². The average molecular weight is 336 g/mol. The molecule has 1 aliphatic carbocycles. The molecule has 0 atom stereocenters. The standard InChI is InChI=1S/C24H18NO/c26-24(16-25-13-5-8-17-6-2-4-10-23(17)25)19-11-12-22-20(15-19)14-18-7-1-3-9-21(18)22/h1-13,15H,14,16H2/q+1. The zero-order valence-corrected chi connectivity index (χ0v) is 14.4. The minimum atomic E-state index is 0.144. The van der Waals surface area contributed by atoms with E-state index in [0.717, 1.165) is 22.9 Å². The molecule has 0 unspecified atom stereocenters. The number of fused-ring (bicyclic) bond motifs is 4. The molecule has 0 amide bonds. The predicted octanol–water partition coefficient (Wildman–Crippen LogP) is 4.58. The fourth-order valence-corrected chi connectivity index (χ4v) is 3.92. The van der Waals surface area contributed by atoms with E-state index >= 15 is 0 Å².